The van der Waals surface area contributed by atoms with Gasteiger partial charge in [0.2, 0.25) is 0 Å². The van der Waals surface area contributed by atoms with E-state index in [0.29, 0.717) is 12.0 Å². The largest absolute Gasteiger partial charge is 0.327 e. The van der Waals surface area contributed by atoms with Crippen molar-refractivity contribution in [3.63, 3.8) is 0 Å². The number of hydrogen-bond acceptors (Lipinski definition) is 4. The van der Waals surface area contributed by atoms with Crippen LogP contribution in [0, 0.1) is 5.92 Å². The third-order valence-corrected chi connectivity index (χ3v) is 3.14. The van der Waals surface area contributed by atoms with Crippen molar-refractivity contribution in [3.05, 3.63) is 12.2 Å². The smallest absolute Gasteiger partial charge is 0.141 e. The minimum Gasteiger partial charge on any atom is -0.327 e. The maximum absolute atomic E-state index is 5.99. The fourth-order valence-corrected chi connectivity index (χ4v) is 2.34. The van der Waals surface area contributed by atoms with Crippen molar-refractivity contribution in [1.82, 2.24) is 19.7 Å². The average Bonchev–Trinajstić information content (AvgIpc) is 2.65. The van der Waals surface area contributed by atoms with Crippen LogP contribution in [0.15, 0.2) is 6.33 Å². The highest BCUT2D eigenvalue weighted by atomic mass is 15.3. The highest BCUT2D eigenvalue weighted by Crippen LogP contribution is 2.11. The third-order valence-electron chi connectivity index (χ3n) is 3.14. The van der Waals surface area contributed by atoms with E-state index in [-0.39, 0.29) is 0 Å². The van der Waals surface area contributed by atoms with E-state index in [1.807, 2.05) is 4.68 Å². The zero-order valence-corrected chi connectivity index (χ0v) is 10.8. The zero-order valence-electron chi connectivity index (χ0n) is 10.8. The SMILES string of the molecule is CC(C)Cn1ncnc1CN1CCCC(N)C1. The van der Waals surface area contributed by atoms with Gasteiger partial charge in [0.05, 0.1) is 6.54 Å². The molecule has 2 N–H and O–H groups in total. The molecular formula is C12H23N5. The summed E-state index contributed by atoms with van der Waals surface area (Å²) in [6.45, 7) is 8.32. The van der Waals surface area contributed by atoms with Crippen LogP contribution in [0.25, 0.3) is 0 Å². The van der Waals surface area contributed by atoms with Crippen LogP contribution in [0.5, 0.6) is 0 Å². The topological polar surface area (TPSA) is 60.0 Å². The second-order valence-electron chi connectivity index (χ2n) is 5.39. The summed E-state index contributed by atoms with van der Waals surface area (Å²) in [6.07, 6.45) is 4.00. The lowest BCUT2D eigenvalue weighted by atomic mass is 10.1. The maximum Gasteiger partial charge on any atom is 0.141 e. The van der Waals surface area contributed by atoms with Gasteiger partial charge in [0.15, 0.2) is 0 Å². The quantitative estimate of drug-likeness (QED) is 0.843. The molecule has 17 heavy (non-hydrogen) atoms. The number of aromatic nitrogens is 3. The highest BCUT2D eigenvalue weighted by molar-refractivity contribution is 4.87. The van der Waals surface area contributed by atoms with E-state index in [1.165, 1.54) is 6.42 Å². The standard InChI is InChI=1S/C12H23N5/c1-10(2)6-17-12(14-9-15-17)8-16-5-3-4-11(13)7-16/h9-11H,3-8,13H2,1-2H3. The van der Waals surface area contributed by atoms with Crippen LogP contribution < -0.4 is 5.73 Å². The molecular weight excluding hydrogens is 214 g/mol. The molecule has 0 aliphatic carbocycles. The summed E-state index contributed by atoms with van der Waals surface area (Å²) in [5.41, 5.74) is 5.99. The first-order valence-corrected chi connectivity index (χ1v) is 6.49. The van der Waals surface area contributed by atoms with Gasteiger partial charge in [-0.3, -0.25) is 4.90 Å². The monoisotopic (exact) mass is 237 g/mol. The lowest BCUT2D eigenvalue weighted by molar-refractivity contribution is 0.193. The predicted molar refractivity (Wildman–Crippen MR) is 67.3 cm³/mol. The highest BCUT2D eigenvalue weighted by Gasteiger charge is 2.18. The van der Waals surface area contributed by atoms with Crippen LogP contribution in [0.3, 0.4) is 0 Å². The third kappa shape index (κ3) is 3.51. The van der Waals surface area contributed by atoms with Crippen LogP contribution in [-0.4, -0.2) is 38.8 Å². The molecule has 0 bridgehead atoms. The molecule has 1 atom stereocenters. The Bertz CT molecular complexity index is 346. The Morgan fingerprint density at radius 3 is 3.06 bits per heavy atom. The molecule has 1 saturated heterocycles. The number of nitrogens with two attached hydrogens (primary N) is 1. The van der Waals surface area contributed by atoms with Crippen LogP contribution in [0.4, 0.5) is 0 Å². The van der Waals surface area contributed by atoms with Crippen LogP contribution >= 0.6 is 0 Å². The van der Waals surface area contributed by atoms with Gasteiger partial charge in [-0.05, 0) is 25.3 Å². The number of rotatable bonds is 4. The Balaban J connectivity index is 1.95. The summed E-state index contributed by atoms with van der Waals surface area (Å²) in [7, 11) is 0. The van der Waals surface area contributed by atoms with Crippen LogP contribution in [0.1, 0.15) is 32.5 Å². The summed E-state index contributed by atoms with van der Waals surface area (Å²) < 4.78 is 2.02. The molecule has 1 unspecified atom stereocenters. The molecule has 0 saturated carbocycles. The predicted octanol–water partition coefficient (Wildman–Crippen LogP) is 0.857. The van der Waals surface area contributed by atoms with Crippen molar-refractivity contribution in [3.8, 4) is 0 Å². The van der Waals surface area contributed by atoms with Gasteiger partial charge in [-0.25, -0.2) is 9.67 Å². The van der Waals surface area contributed by atoms with Gasteiger partial charge in [-0.1, -0.05) is 13.8 Å². The lowest BCUT2D eigenvalue weighted by Gasteiger charge is -2.30. The molecule has 2 heterocycles. The molecule has 2 rings (SSSR count). The van der Waals surface area contributed by atoms with Crippen molar-refractivity contribution < 1.29 is 0 Å². The summed E-state index contributed by atoms with van der Waals surface area (Å²) in [4.78, 5) is 6.74. The van der Waals surface area contributed by atoms with E-state index in [0.717, 1.165) is 38.4 Å². The van der Waals surface area contributed by atoms with Crippen molar-refractivity contribution in [1.29, 1.82) is 0 Å². The van der Waals surface area contributed by atoms with Gasteiger partial charge in [-0.2, -0.15) is 5.10 Å². The molecule has 0 spiro atoms. The first-order valence-electron chi connectivity index (χ1n) is 6.49. The van der Waals surface area contributed by atoms with Gasteiger partial charge in [-0.15, -0.1) is 0 Å². The summed E-state index contributed by atoms with van der Waals surface area (Å²) in [6, 6.07) is 0.324. The van der Waals surface area contributed by atoms with Crippen molar-refractivity contribution in [2.75, 3.05) is 13.1 Å². The maximum atomic E-state index is 5.99. The van der Waals surface area contributed by atoms with Crippen LogP contribution in [0.2, 0.25) is 0 Å². The van der Waals surface area contributed by atoms with Crippen molar-refractivity contribution >= 4 is 0 Å². The minimum atomic E-state index is 0.324. The number of hydrogen-bond donors (Lipinski definition) is 1. The average molecular weight is 237 g/mol. The minimum absolute atomic E-state index is 0.324. The molecule has 1 fully saturated rings. The molecule has 0 aromatic carbocycles. The second kappa shape index (κ2) is 5.60. The van der Waals surface area contributed by atoms with E-state index in [1.54, 1.807) is 6.33 Å². The normalized spacial score (nSPS) is 22.2. The number of nitrogens with zero attached hydrogens (tertiary/aromatic N) is 4. The van der Waals surface area contributed by atoms with E-state index in [9.17, 15) is 0 Å². The van der Waals surface area contributed by atoms with Gasteiger partial charge in [0.1, 0.15) is 12.2 Å². The van der Waals surface area contributed by atoms with E-state index >= 15 is 0 Å². The molecule has 5 nitrogen and oxygen atoms in total. The number of piperidine rings is 1. The zero-order chi connectivity index (χ0) is 12.3. The summed E-state index contributed by atoms with van der Waals surface area (Å²) in [5.74, 6) is 1.66. The molecule has 1 aliphatic rings. The fraction of sp³-hybridized carbons (Fsp3) is 0.833. The molecule has 96 valence electrons. The molecule has 5 heteroatoms. The van der Waals surface area contributed by atoms with Gasteiger partial charge in [0, 0.05) is 19.1 Å². The van der Waals surface area contributed by atoms with E-state index < -0.39 is 0 Å². The Morgan fingerprint density at radius 1 is 1.53 bits per heavy atom. The van der Waals surface area contributed by atoms with Crippen molar-refractivity contribution in [2.45, 2.75) is 45.8 Å². The Labute approximate surface area is 103 Å². The Morgan fingerprint density at radius 2 is 2.35 bits per heavy atom. The summed E-state index contributed by atoms with van der Waals surface area (Å²) in [5, 5.41) is 4.29. The van der Waals surface area contributed by atoms with Gasteiger partial charge >= 0.3 is 0 Å². The molecule has 1 aromatic heterocycles. The van der Waals surface area contributed by atoms with Crippen LogP contribution in [-0.2, 0) is 13.1 Å². The molecule has 1 aromatic rings. The Hall–Kier alpha value is -0.940. The molecule has 1 aliphatic heterocycles. The first-order chi connectivity index (χ1) is 8.15. The lowest BCUT2D eigenvalue weighted by Crippen LogP contribution is -2.42. The molecule has 0 radical (unpaired) electrons. The van der Waals surface area contributed by atoms with Crippen molar-refractivity contribution in [2.24, 2.45) is 11.7 Å². The fourth-order valence-electron chi connectivity index (χ4n) is 2.34. The van der Waals surface area contributed by atoms with Gasteiger partial charge < -0.3 is 5.73 Å². The first kappa shape index (κ1) is 12.5. The number of likely N-dealkylation sites (tertiary alicyclic amines) is 1. The molecule has 0 amide bonds. The summed E-state index contributed by atoms with van der Waals surface area (Å²) >= 11 is 0. The Kier molecular flexibility index (Phi) is 4.12. The van der Waals surface area contributed by atoms with Gasteiger partial charge in [0.25, 0.3) is 0 Å². The van der Waals surface area contributed by atoms with E-state index in [2.05, 4.69) is 28.8 Å². The second-order valence-corrected chi connectivity index (χ2v) is 5.39. The van der Waals surface area contributed by atoms with E-state index in [4.69, 9.17) is 5.73 Å².